The highest BCUT2D eigenvalue weighted by Gasteiger charge is 2.32. The summed E-state index contributed by atoms with van der Waals surface area (Å²) in [5.74, 6) is 1.68. The van der Waals surface area contributed by atoms with Crippen LogP contribution in [0.4, 0.5) is 10.5 Å². The van der Waals surface area contributed by atoms with Crippen LogP contribution in [0.1, 0.15) is 26.7 Å². The third kappa shape index (κ3) is 5.01. The minimum absolute atomic E-state index is 0.0281. The zero-order valence-electron chi connectivity index (χ0n) is 15.3. The van der Waals surface area contributed by atoms with Crippen molar-refractivity contribution in [1.82, 2.24) is 10.6 Å². The van der Waals surface area contributed by atoms with E-state index in [0.29, 0.717) is 30.5 Å². The van der Waals surface area contributed by atoms with E-state index >= 15 is 0 Å². The molecule has 0 spiro atoms. The maximum absolute atomic E-state index is 12.3. The van der Waals surface area contributed by atoms with Crippen LogP contribution in [-0.2, 0) is 4.79 Å². The fourth-order valence-corrected chi connectivity index (χ4v) is 2.76. The smallest absolute Gasteiger partial charge is 0.315 e. The number of carbonyl (C=O) groups excluding carboxylic acids is 2. The van der Waals surface area contributed by atoms with Crippen molar-refractivity contribution in [2.24, 2.45) is 5.92 Å². The topological polar surface area (TPSA) is 79.9 Å². The van der Waals surface area contributed by atoms with Gasteiger partial charge in [0.15, 0.2) is 11.5 Å². The van der Waals surface area contributed by atoms with Crippen LogP contribution in [0.15, 0.2) is 18.2 Å². The van der Waals surface area contributed by atoms with E-state index in [4.69, 9.17) is 9.47 Å². The molecule has 2 rings (SSSR count). The molecule has 1 atom stereocenters. The Morgan fingerprint density at radius 1 is 1.28 bits per heavy atom. The van der Waals surface area contributed by atoms with Gasteiger partial charge in [0.25, 0.3) is 0 Å². The van der Waals surface area contributed by atoms with Crippen LogP contribution in [0.3, 0.4) is 0 Å². The Morgan fingerprint density at radius 2 is 2.00 bits per heavy atom. The molecule has 1 fully saturated rings. The van der Waals surface area contributed by atoms with Crippen molar-refractivity contribution in [2.75, 3.05) is 32.2 Å². The Hall–Kier alpha value is -2.44. The van der Waals surface area contributed by atoms with Gasteiger partial charge in [0.2, 0.25) is 5.91 Å². The monoisotopic (exact) mass is 349 g/mol. The van der Waals surface area contributed by atoms with E-state index in [1.54, 1.807) is 31.3 Å². The number of hydrogen-bond donors (Lipinski definition) is 2. The molecule has 0 saturated carbocycles. The maximum atomic E-state index is 12.3. The first-order chi connectivity index (χ1) is 11.9. The fourth-order valence-electron chi connectivity index (χ4n) is 2.76. The van der Waals surface area contributed by atoms with Crippen LogP contribution in [0, 0.1) is 5.92 Å². The minimum atomic E-state index is -0.229. The first-order valence-corrected chi connectivity index (χ1v) is 8.51. The molecule has 25 heavy (non-hydrogen) atoms. The van der Waals surface area contributed by atoms with E-state index in [0.717, 1.165) is 12.1 Å². The van der Waals surface area contributed by atoms with Gasteiger partial charge in [-0.15, -0.1) is 0 Å². The molecule has 0 bridgehead atoms. The van der Waals surface area contributed by atoms with E-state index in [-0.39, 0.29) is 24.4 Å². The Bertz CT molecular complexity index is 618. The molecule has 1 aromatic carbocycles. The number of amides is 3. The number of nitrogens with zero attached hydrogens (tertiary/aromatic N) is 1. The lowest BCUT2D eigenvalue weighted by Crippen LogP contribution is -2.43. The van der Waals surface area contributed by atoms with Crippen LogP contribution in [0.25, 0.3) is 0 Å². The number of urea groups is 1. The lowest BCUT2D eigenvalue weighted by atomic mass is 10.1. The summed E-state index contributed by atoms with van der Waals surface area (Å²) in [5.41, 5.74) is 0.729. The van der Waals surface area contributed by atoms with Gasteiger partial charge in [-0.25, -0.2) is 4.79 Å². The lowest BCUT2D eigenvalue weighted by Gasteiger charge is -2.19. The van der Waals surface area contributed by atoms with E-state index in [9.17, 15) is 9.59 Å². The van der Waals surface area contributed by atoms with Crippen LogP contribution >= 0.6 is 0 Å². The van der Waals surface area contributed by atoms with Gasteiger partial charge in [0.1, 0.15) is 0 Å². The molecule has 2 N–H and O–H groups in total. The summed E-state index contributed by atoms with van der Waals surface area (Å²) >= 11 is 0. The molecule has 0 radical (unpaired) electrons. The third-order valence-electron chi connectivity index (χ3n) is 4.15. The van der Waals surface area contributed by atoms with Gasteiger partial charge in [-0.3, -0.25) is 4.79 Å². The SMILES string of the molecule is COc1ccc(N2C[C@H](NC(=O)NCCC(C)C)CC2=O)cc1OC. The van der Waals surface area contributed by atoms with E-state index in [1.165, 1.54) is 0 Å². The molecular weight excluding hydrogens is 322 g/mol. The molecular formula is C18H27N3O4. The predicted molar refractivity (Wildman–Crippen MR) is 96.3 cm³/mol. The highest BCUT2D eigenvalue weighted by Crippen LogP contribution is 2.33. The number of methoxy groups -OCH3 is 2. The summed E-state index contributed by atoms with van der Waals surface area (Å²) in [6.07, 6.45) is 1.21. The Labute approximate surface area is 148 Å². The van der Waals surface area contributed by atoms with Crippen LogP contribution in [0.2, 0.25) is 0 Å². The molecule has 7 nitrogen and oxygen atoms in total. The van der Waals surface area contributed by atoms with Crippen molar-refractivity contribution in [3.05, 3.63) is 18.2 Å². The first kappa shape index (κ1) is 18.9. The maximum Gasteiger partial charge on any atom is 0.315 e. The van der Waals surface area contributed by atoms with Crippen molar-refractivity contribution in [1.29, 1.82) is 0 Å². The largest absolute Gasteiger partial charge is 0.493 e. The number of carbonyl (C=O) groups is 2. The highest BCUT2D eigenvalue weighted by atomic mass is 16.5. The van der Waals surface area contributed by atoms with Gasteiger partial charge in [0.05, 0.1) is 20.3 Å². The fraction of sp³-hybridized carbons (Fsp3) is 0.556. The zero-order valence-corrected chi connectivity index (χ0v) is 15.3. The Balaban J connectivity index is 1.95. The second-order valence-corrected chi connectivity index (χ2v) is 6.53. The molecule has 1 aliphatic rings. The second-order valence-electron chi connectivity index (χ2n) is 6.53. The highest BCUT2D eigenvalue weighted by molar-refractivity contribution is 5.97. The number of anilines is 1. The van der Waals surface area contributed by atoms with Crippen molar-refractivity contribution in [2.45, 2.75) is 32.7 Å². The average Bonchev–Trinajstić information content (AvgIpc) is 2.94. The Kier molecular flexibility index (Phi) is 6.50. The quantitative estimate of drug-likeness (QED) is 0.790. The molecule has 1 aliphatic heterocycles. The van der Waals surface area contributed by atoms with E-state index < -0.39 is 0 Å². The number of ether oxygens (including phenoxy) is 2. The van der Waals surface area contributed by atoms with E-state index in [1.807, 2.05) is 6.07 Å². The van der Waals surface area contributed by atoms with Crippen molar-refractivity contribution < 1.29 is 19.1 Å². The van der Waals surface area contributed by atoms with Gasteiger partial charge in [0, 0.05) is 31.3 Å². The van der Waals surface area contributed by atoms with Crippen LogP contribution in [-0.4, -0.2) is 45.3 Å². The third-order valence-corrected chi connectivity index (χ3v) is 4.15. The zero-order chi connectivity index (χ0) is 18.4. The molecule has 0 unspecified atom stereocenters. The number of benzene rings is 1. The first-order valence-electron chi connectivity index (χ1n) is 8.51. The molecule has 0 aromatic heterocycles. The van der Waals surface area contributed by atoms with Gasteiger partial charge in [-0.05, 0) is 24.5 Å². The summed E-state index contributed by atoms with van der Waals surface area (Å²) in [4.78, 5) is 25.9. The summed E-state index contributed by atoms with van der Waals surface area (Å²) in [5, 5.41) is 5.69. The average molecular weight is 349 g/mol. The second kappa shape index (κ2) is 8.60. The normalized spacial score (nSPS) is 16.9. The summed E-state index contributed by atoms with van der Waals surface area (Å²) in [6, 6.07) is 4.90. The van der Waals surface area contributed by atoms with Gasteiger partial charge < -0.3 is 25.0 Å². The van der Waals surface area contributed by atoms with Crippen molar-refractivity contribution in [3.8, 4) is 11.5 Å². The van der Waals surface area contributed by atoms with Crippen LogP contribution < -0.4 is 25.0 Å². The molecule has 7 heteroatoms. The molecule has 1 saturated heterocycles. The van der Waals surface area contributed by atoms with Crippen molar-refractivity contribution in [3.63, 3.8) is 0 Å². The molecule has 138 valence electrons. The predicted octanol–water partition coefficient (Wildman–Crippen LogP) is 2.15. The Morgan fingerprint density at radius 3 is 2.64 bits per heavy atom. The number of rotatable bonds is 7. The van der Waals surface area contributed by atoms with E-state index in [2.05, 4.69) is 24.5 Å². The van der Waals surface area contributed by atoms with Gasteiger partial charge >= 0.3 is 6.03 Å². The summed E-state index contributed by atoms with van der Waals surface area (Å²) in [7, 11) is 3.12. The molecule has 1 aromatic rings. The number of hydrogen-bond acceptors (Lipinski definition) is 4. The van der Waals surface area contributed by atoms with Crippen molar-refractivity contribution >= 4 is 17.6 Å². The summed E-state index contributed by atoms with van der Waals surface area (Å²) < 4.78 is 10.5. The lowest BCUT2D eigenvalue weighted by molar-refractivity contribution is -0.117. The minimum Gasteiger partial charge on any atom is -0.493 e. The summed E-state index contributed by atoms with van der Waals surface area (Å²) in [6.45, 7) is 5.28. The van der Waals surface area contributed by atoms with Crippen LogP contribution in [0.5, 0.6) is 11.5 Å². The molecule has 3 amide bonds. The van der Waals surface area contributed by atoms with Gasteiger partial charge in [-0.2, -0.15) is 0 Å². The number of nitrogens with one attached hydrogen (secondary N) is 2. The molecule has 1 heterocycles. The standard InChI is InChI=1S/C18H27N3O4/c1-12(2)7-8-19-18(23)20-13-9-17(22)21(11-13)14-5-6-15(24-3)16(10-14)25-4/h5-6,10,12-13H,7-9,11H2,1-4H3,(H2,19,20,23)/t13-/m1/s1. The van der Waals surface area contributed by atoms with Gasteiger partial charge in [-0.1, -0.05) is 13.8 Å². The molecule has 0 aliphatic carbocycles.